The van der Waals surface area contributed by atoms with Crippen molar-refractivity contribution >= 4 is 17.0 Å². The third-order valence-electron chi connectivity index (χ3n) is 6.47. The number of hydrogen-bond donors (Lipinski definition) is 1. The first kappa shape index (κ1) is 22.9. The molecule has 0 spiro atoms. The number of likely N-dealkylation sites (tertiary alicyclic amines) is 1. The van der Waals surface area contributed by atoms with Crippen molar-refractivity contribution in [3.05, 3.63) is 36.4 Å². The highest BCUT2D eigenvalue weighted by Crippen LogP contribution is 2.30. The van der Waals surface area contributed by atoms with Gasteiger partial charge in [0.1, 0.15) is 5.60 Å². The molecule has 0 aliphatic carbocycles. The fourth-order valence-electron chi connectivity index (χ4n) is 4.73. The van der Waals surface area contributed by atoms with Gasteiger partial charge in [0.2, 0.25) is 0 Å². The zero-order valence-electron chi connectivity index (χ0n) is 20.3. The van der Waals surface area contributed by atoms with E-state index in [2.05, 4.69) is 32.2 Å². The molecular weight excluding hydrogens is 432 g/mol. The van der Waals surface area contributed by atoms with Crippen molar-refractivity contribution in [2.75, 3.05) is 39.4 Å². The number of piperidine rings is 1. The Morgan fingerprint density at radius 1 is 1.21 bits per heavy atom. The van der Waals surface area contributed by atoms with E-state index in [4.69, 9.17) is 9.47 Å². The molecule has 5 rings (SSSR count). The van der Waals surface area contributed by atoms with E-state index in [1.165, 1.54) is 5.69 Å². The van der Waals surface area contributed by atoms with Gasteiger partial charge in [0, 0.05) is 67.3 Å². The molecule has 0 radical (unpaired) electrons. The lowest BCUT2D eigenvalue weighted by Gasteiger charge is -2.33. The molecule has 0 unspecified atom stereocenters. The van der Waals surface area contributed by atoms with E-state index in [1.807, 2.05) is 43.9 Å². The standard InChI is InChI=1S/C25H34N6O3/c1-25(2,3)34-24(32)30-8-5-20(6-9-30)31-16-18(15-27-31)23-21-14-19(28-22(21)4-7-26-23)17-29-10-12-33-13-11-29/h4,7,14-16,20,28H,5-6,8-13,17H2,1-3H3. The number of amides is 1. The van der Waals surface area contributed by atoms with Crippen molar-refractivity contribution < 1.29 is 14.3 Å². The Kier molecular flexibility index (Phi) is 6.31. The van der Waals surface area contributed by atoms with Gasteiger partial charge >= 0.3 is 6.09 Å². The molecule has 2 fully saturated rings. The van der Waals surface area contributed by atoms with Crippen LogP contribution in [-0.4, -0.2) is 80.6 Å². The highest BCUT2D eigenvalue weighted by atomic mass is 16.6. The summed E-state index contributed by atoms with van der Waals surface area (Å²) in [7, 11) is 0. The van der Waals surface area contributed by atoms with Crippen molar-refractivity contribution in [1.29, 1.82) is 0 Å². The molecule has 5 heterocycles. The van der Waals surface area contributed by atoms with Gasteiger partial charge in [-0.2, -0.15) is 5.10 Å². The van der Waals surface area contributed by atoms with E-state index in [9.17, 15) is 4.79 Å². The number of aromatic nitrogens is 4. The Morgan fingerprint density at radius 3 is 2.71 bits per heavy atom. The third kappa shape index (κ3) is 5.10. The van der Waals surface area contributed by atoms with Gasteiger partial charge in [-0.25, -0.2) is 4.79 Å². The molecule has 3 aromatic heterocycles. The summed E-state index contributed by atoms with van der Waals surface area (Å²) in [4.78, 5) is 24.8. The summed E-state index contributed by atoms with van der Waals surface area (Å²) in [6.45, 7) is 11.4. The van der Waals surface area contributed by atoms with Crippen molar-refractivity contribution in [2.24, 2.45) is 0 Å². The van der Waals surface area contributed by atoms with Crippen LogP contribution >= 0.6 is 0 Å². The summed E-state index contributed by atoms with van der Waals surface area (Å²) in [6, 6.07) is 4.50. The SMILES string of the molecule is CC(C)(C)OC(=O)N1CCC(n2cc(-c3nccc4[nH]c(CN5CCOCC5)cc34)cn2)CC1. The molecule has 3 aromatic rings. The number of nitrogens with zero attached hydrogens (tertiary/aromatic N) is 5. The number of carbonyl (C=O) groups excluding carboxylic acids is 1. The Bertz CT molecular complexity index is 1130. The number of H-pyrrole nitrogens is 1. The quantitative estimate of drug-likeness (QED) is 0.629. The molecule has 182 valence electrons. The van der Waals surface area contributed by atoms with Crippen LogP contribution in [0.3, 0.4) is 0 Å². The average Bonchev–Trinajstić information content (AvgIpc) is 3.45. The molecule has 2 saturated heterocycles. The summed E-state index contributed by atoms with van der Waals surface area (Å²) in [5.74, 6) is 0. The molecule has 0 atom stereocenters. The van der Waals surface area contributed by atoms with Gasteiger partial charge < -0.3 is 19.4 Å². The van der Waals surface area contributed by atoms with Crippen molar-refractivity contribution in [1.82, 2.24) is 29.5 Å². The number of carbonyl (C=O) groups is 1. The van der Waals surface area contributed by atoms with Gasteiger partial charge in [0.25, 0.3) is 0 Å². The highest BCUT2D eigenvalue weighted by Gasteiger charge is 2.28. The number of rotatable bonds is 4. The van der Waals surface area contributed by atoms with Crippen LogP contribution in [0.2, 0.25) is 0 Å². The van der Waals surface area contributed by atoms with Crippen LogP contribution in [0.1, 0.15) is 45.3 Å². The fraction of sp³-hybridized carbons (Fsp3) is 0.560. The van der Waals surface area contributed by atoms with E-state index in [-0.39, 0.29) is 12.1 Å². The number of aromatic amines is 1. The maximum absolute atomic E-state index is 12.4. The molecule has 9 nitrogen and oxygen atoms in total. The number of ether oxygens (including phenoxy) is 2. The lowest BCUT2D eigenvalue weighted by molar-refractivity contribution is 0.0184. The summed E-state index contributed by atoms with van der Waals surface area (Å²) in [5.41, 5.74) is 3.76. The Labute approximate surface area is 200 Å². The highest BCUT2D eigenvalue weighted by molar-refractivity contribution is 5.93. The smallest absolute Gasteiger partial charge is 0.410 e. The van der Waals surface area contributed by atoms with Gasteiger partial charge in [-0.15, -0.1) is 0 Å². The van der Waals surface area contributed by atoms with Gasteiger partial charge in [0.15, 0.2) is 0 Å². The van der Waals surface area contributed by atoms with Gasteiger partial charge in [-0.05, 0) is 45.7 Å². The van der Waals surface area contributed by atoms with Gasteiger partial charge in [0.05, 0.1) is 31.1 Å². The van der Waals surface area contributed by atoms with E-state index in [1.54, 1.807) is 4.90 Å². The molecular formula is C25H34N6O3. The molecule has 9 heteroatoms. The van der Waals surface area contributed by atoms with Crippen LogP contribution in [0.4, 0.5) is 4.79 Å². The van der Waals surface area contributed by atoms with Crippen molar-refractivity contribution in [3.8, 4) is 11.3 Å². The van der Waals surface area contributed by atoms with Crippen LogP contribution in [0.25, 0.3) is 22.2 Å². The summed E-state index contributed by atoms with van der Waals surface area (Å²) in [5, 5.41) is 5.78. The normalized spacial score (nSPS) is 18.5. The molecule has 0 saturated carbocycles. The minimum atomic E-state index is -0.473. The van der Waals surface area contributed by atoms with Crippen molar-refractivity contribution in [3.63, 3.8) is 0 Å². The minimum Gasteiger partial charge on any atom is -0.444 e. The molecule has 34 heavy (non-hydrogen) atoms. The molecule has 0 aromatic carbocycles. The predicted octanol–water partition coefficient (Wildman–Crippen LogP) is 3.83. The molecule has 0 bridgehead atoms. The third-order valence-corrected chi connectivity index (χ3v) is 6.47. The van der Waals surface area contributed by atoms with E-state index >= 15 is 0 Å². The first-order chi connectivity index (χ1) is 16.4. The maximum Gasteiger partial charge on any atom is 0.410 e. The number of pyridine rings is 1. The minimum absolute atomic E-state index is 0.233. The Hall–Kier alpha value is -2.91. The first-order valence-electron chi connectivity index (χ1n) is 12.1. The predicted molar refractivity (Wildman–Crippen MR) is 129 cm³/mol. The van der Waals surface area contributed by atoms with E-state index in [0.29, 0.717) is 13.1 Å². The molecule has 2 aliphatic heterocycles. The molecule has 1 N–H and O–H groups in total. The van der Waals surface area contributed by atoms with E-state index in [0.717, 1.165) is 67.8 Å². The Morgan fingerprint density at radius 2 is 1.97 bits per heavy atom. The lowest BCUT2D eigenvalue weighted by Crippen LogP contribution is -2.42. The number of fused-ring (bicyclic) bond motifs is 1. The van der Waals surface area contributed by atoms with Crippen molar-refractivity contribution in [2.45, 2.75) is 51.8 Å². The maximum atomic E-state index is 12.4. The second-order valence-electron chi connectivity index (χ2n) is 10.2. The lowest BCUT2D eigenvalue weighted by atomic mass is 10.1. The zero-order valence-corrected chi connectivity index (χ0v) is 20.3. The monoisotopic (exact) mass is 466 g/mol. The van der Waals surface area contributed by atoms with Crippen LogP contribution in [0, 0.1) is 0 Å². The van der Waals surface area contributed by atoms with Crippen LogP contribution < -0.4 is 0 Å². The first-order valence-corrected chi connectivity index (χ1v) is 12.1. The summed E-state index contributed by atoms with van der Waals surface area (Å²) in [6.07, 6.45) is 7.31. The second-order valence-corrected chi connectivity index (χ2v) is 10.2. The number of morpholine rings is 1. The largest absolute Gasteiger partial charge is 0.444 e. The zero-order chi connectivity index (χ0) is 23.7. The van der Waals surface area contributed by atoms with Crippen LogP contribution in [0.5, 0.6) is 0 Å². The fourth-order valence-corrected chi connectivity index (χ4v) is 4.73. The molecule has 1 amide bonds. The average molecular weight is 467 g/mol. The summed E-state index contributed by atoms with van der Waals surface area (Å²) >= 11 is 0. The van der Waals surface area contributed by atoms with E-state index < -0.39 is 5.60 Å². The molecule has 2 aliphatic rings. The summed E-state index contributed by atoms with van der Waals surface area (Å²) < 4.78 is 13.0. The second kappa shape index (κ2) is 9.38. The van der Waals surface area contributed by atoms with Gasteiger partial charge in [-0.3, -0.25) is 14.6 Å². The number of nitrogens with one attached hydrogen (secondary N) is 1. The Balaban J connectivity index is 1.27. The van der Waals surface area contributed by atoms with Gasteiger partial charge in [-0.1, -0.05) is 0 Å². The topological polar surface area (TPSA) is 88.5 Å². The number of hydrogen-bond acceptors (Lipinski definition) is 6. The van der Waals surface area contributed by atoms with Crippen LogP contribution in [-0.2, 0) is 16.0 Å². The van der Waals surface area contributed by atoms with Crippen LogP contribution in [0.15, 0.2) is 30.7 Å².